The maximum Gasteiger partial charge on any atom is 0.144 e. The zero-order chi connectivity index (χ0) is 12.5. The summed E-state index contributed by atoms with van der Waals surface area (Å²) in [6.07, 6.45) is 4.78. The van der Waals surface area contributed by atoms with E-state index in [9.17, 15) is 0 Å². The topological polar surface area (TPSA) is 41.1 Å². The Hall–Kier alpha value is -0.810. The summed E-state index contributed by atoms with van der Waals surface area (Å²) in [6.45, 7) is 4.19. The number of anilines is 1. The lowest BCUT2D eigenvalue weighted by atomic mass is 10.4. The molecule has 0 bridgehead atoms. The second-order valence-corrected chi connectivity index (χ2v) is 5.28. The fourth-order valence-corrected chi connectivity index (χ4v) is 2.19. The molecule has 0 unspecified atom stereocenters. The standard InChI is InChI=1S/C12H22N4S/c1-4-5-13-12-9-14-11(8-15-12)10-17-7-6-16(2)3/h8-9H,4-7,10H2,1-3H3,(H,13,15). The normalized spacial score (nSPS) is 10.8. The van der Waals surface area contributed by atoms with Crippen molar-refractivity contribution in [1.82, 2.24) is 14.9 Å². The molecule has 4 nitrogen and oxygen atoms in total. The number of nitrogens with one attached hydrogen (secondary N) is 1. The van der Waals surface area contributed by atoms with Crippen LogP contribution in [0.3, 0.4) is 0 Å². The first-order valence-electron chi connectivity index (χ1n) is 5.99. The van der Waals surface area contributed by atoms with Crippen molar-refractivity contribution in [2.75, 3.05) is 38.3 Å². The highest BCUT2D eigenvalue weighted by Gasteiger charge is 1.98. The first-order valence-corrected chi connectivity index (χ1v) is 7.15. The van der Waals surface area contributed by atoms with Crippen molar-refractivity contribution in [3.63, 3.8) is 0 Å². The van der Waals surface area contributed by atoms with E-state index in [1.165, 1.54) is 0 Å². The monoisotopic (exact) mass is 254 g/mol. The Morgan fingerprint density at radius 1 is 1.29 bits per heavy atom. The summed E-state index contributed by atoms with van der Waals surface area (Å²) in [7, 11) is 4.18. The molecule has 1 heterocycles. The summed E-state index contributed by atoms with van der Waals surface area (Å²) >= 11 is 1.89. The average Bonchev–Trinajstić information content (AvgIpc) is 2.33. The molecule has 5 heteroatoms. The summed E-state index contributed by atoms with van der Waals surface area (Å²) in [5.41, 5.74) is 1.05. The summed E-state index contributed by atoms with van der Waals surface area (Å²) in [5, 5.41) is 3.22. The number of nitrogens with zero attached hydrogens (tertiary/aromatic N) is 3. The van der Waals surface area contributed by atoms with Crippen LogP contribution in [0.5, 0.6) is 0 Å². The van der Waals surface area contributed by atoms with Gasteiger partial charge < -0.3 is 10.2 Å². The van der Waals surface area contributed by atoms with Crippen molar-refractivity contribution < 1.29 is 0 Å². The van der Waals surface area contributed by atoms with Gasteiger partial charge in [-0.1, -0.05) is 6.92 Å². The van der Waals surface area contributed by atoms with Crippen LogP contribution in [-0.4, -0.2) is 47.8 Å². The van der Waals surface area contributed by atoms with E-state index in [1.54, 1.807) is 0 Å². The highest BCUT2D eigenvalue weighted by Crippen LogP contribution is 2.10. The van der Waals surface area contributed by atoms with E-state index in [-0.39, 0.29) is 0 Å². The molecule has 0 radical (unpaired) electrons. The van der Waals surface area contributed by atoms with Crippen molar-refractivity contribution in [1.29, 1.82) is 0 Å². The highest BCUT2D eigenvalue weighted by atomic mass is 32.2. The van der Waals surface area contributed by atoms with E-state index >= 15 is 0 Å². The van der Waals surface area contributed by atoms with Gasteiger partial charge in [-0.05, 0) is 20.5 Å². The first-order chi connectivity index (χ1) is 8.22. The number of aromatic nitrogens is 2. The summed E-state index contributed by atoms with van der Waals surface area (Å²) < 4.78 is 0. The lowest BCUT2D eigenvalue weighted by Gasteiger charge is -2.08. The van der Waals surface area contributed by atoms with Crippen molar-refractivity contribution in [2.45, 2.75) is 19.1 Å². The molecule has 0 aliphatic rings. The summed E-state index contributed by atoms with van der Waals surface area (Å²) in [6, 6.07) is 0. The van der Waals surface area contributed by atoms with Gasteiger partial charge >= 0.3 is 0 Å². The van der Waals surface area contributed by atoms with Crippen molar-refractivity contribution in [3.05, 3.63) is 18.1 Å². The van der Waals surface area contributed by atoms with Crippen molar-refractivity contribution in [2.24, 2.45) is 0 Å². The minimum absolute atomic E-state index is 0.869. The Morgan fingerprint density at radius 2 is 2.12 bits per heavy atom. The van der Waals surface area contributed by atoms with Crippen LogP contribution in [0.1, 0.15) is 19.0 Å². The number of hydrogen-bond donors (Lipinski definition) is 1. The molecule has 0 atom stereocenters. The molecule has 1 aromatic rings. The number of hydrogen-bond acceptors (Lipinski definition) is 5. The minimum atomic E-state index is 0.869. The van der Waals surface area contributed by atoms with Gasteiger partial charge in [0, 0.05) is 24.6 Å². The molecule has 0 aliphatic heterocycles. The third-order valence-electron chi connectivity index (χ3n) is 2.19. The lowest BCUT2D eigenvalue weighted by Crippen LogP contribution is -2.14. The maximum atomic E-state index is 4.39. The summed E-state index contributed by atoms with van der Waals surface area (Å²) in [5.74, 6) is 2.94. The molecule has 1 rings (SSSR count). The zero-order valence-electron chi connectivity index (χ0n) is 10.9. The molecular weight excluding hydrogens is 232 g/mol. The fraction of sp³-hybridized carbons (Fsp3) is 0.667. The van der Waals surface area contributed by atoms with Gasteiger partial charge in [-0.2, -0.15) is 11.8 Å². The van der Waals surface area contributed by atoms with Crippen LogP contribution >= 0.6 is 11.8 Å². The predicted molar refractivity (Wildman–Crippen MR) is 75.5 cm³/mol. The molecule has 0 fully saturated rings. The maximum absolute atomic E-state index is 4.39. The van der Waals surface area contributed by atoms with E-state index < -0.39 is 0 Å². The van der Waals surface area contributed by atoms with Crippen LogP contribution in [0.4, 0.5) is 5.82 Å². The molecule has 0 saturated heterocycles. The molecular formula is C12H22N4S. The third kappa shape index (κ3) is 6.48. The molecule has 1 aromatic heterocycles. The Morgan fingerprint density at radius 3 is 2.71 bits per heavy atom. The van der Waals surface area contributed by atoms with Crippen LogP contribution in [0.15, 0.2) is 12.4 Å². The van der Waals surface area contributed by atoms with E-state index in [0.717, 1.165) is 42.5 Å². The second kappa shape index (κ2) is 8.31. The fourth-order valence-electron chi connectivity index (χ4n) is 1.20. The molecule has 0 aromatic carbocycles. The van der Waals surface area contributed by atoms with Gasteiger partial charge in [0.25, 0.3) is 0 Å². The molecule has 0 amide bonds. The molecule has 1 N–H and O–H groups in total. The molecule has 0 aliphatic carbocycles. The van der Waals surface area contributed by atoms with Gasteiger partial charge in [0.2, 0.25) is 0 Å². The van der Waals surface area contributed by atoms with Crippen LogP contribution in [0.25, 0.3) is 0 Å². The first kappa shape index (κ1) is 14.3. The number of rotatable bonds is 8. The molecule has 0 saturated carbocycles. The lowest BCUT2D eigenvalue weighted by molar-refractivity contribution is 0.437. The predicted octanol–water partition coefficient (Wildman–Crippen LogP) is 2.09. The van der Waals surface area contributed by atoms with Gasteiger partial charge in [-0.3, -0.25) is 4.98 Å². The van der Waals surface area contributed by atoms with E-state index in [0.29, 0.717) is 0 Å². The quantitative estimate of drug-likeness (QED) is 0.719. The second-order valence-electron chi connectivity index (χ2n) is 4.18. The Labute approximate surface area is 108 Å². The third-order valence-corrected chi connectivity index (χ3v) is 3.17. The van der Waals surface area contributed by atoms with Gasteiger partial charge in [0.05, 0.1) is 18.1 Å². The largest absolute Gasteiger partial charge is 0.369 e. The van der Waals surface area contributed by atoms with Gasteiger partial charge in [0.1, 0.15) is 5.82 Å². The van der Waals surface area contributed by atoms with E-state index in [4.69, 9.17) is 0 Å². The zero-order valence-corrected chi connectivity index (χ0v) is 11.8. The van der Waals surface area contributed by atoms with E-state index in [1.807, 2.05) is 24.2 Å². The minimum Gasteiger partial charge on any atom is -0.369 e. The average molecular weight is 254 g/mol. The molecule has 17 heavy (non-hydrogen) atoms. The Bertz CT molecular complexity index is 300. The smallest absolute Gasteiger partial charge is 0.144 e. The van der Waals surface area contributed by atoms with Crippen molar-refractivity contribution in [3.8, 4) is 0 Å². The van der Waals surface area contributed by atoms with Crippen LogP contribution < -0.4 is 5.32 Å². The Balaban J connectivity index is 2.25. The summed E-state index contributed by atoms with van der Waals surface area (Å²) in [4.78, 5) is 10.9. The van der Waals surface area contributed by atoms with Gasteiger partial charge in [0.15, 0.2) is 0 Å². The SMILES string of the molecule is CCCNc1cnc(CSCCN(C)C)cn1. The van der Waals surface area contributed by atoms with Crippen LogP contribution in [-0.2, 0) is 5.75 Å². The van der Waals surface area contributed by atoms with Gasteiger partial charge in [-0.25, -0.2) is 4.98 Å². The van der Waals surface area contributed by atoms with Crippen molar-refractivity contribution >= 4 is 17.6 Å². The highest BCUT2D eigenvalue weighted by molar-refractivity contribution is 7.98. The van der Waals surface area contributed by atoms with Gasteiger partial charge in [-0.15, -0.1) is 0 Å². The van der Waals surface area contributed by atoms with E-state index in [2.05, 4.69) is 41.2 Å². The van der Waals surface area contributed by atoms with Crippen LogP contribution in [0, 0.1) is 0 Å². The molecule has 0 spiro atoms. The van der Waals surface area contributed by atoms with Crippen LogP contribution in [0.2, 0.25) is 0 Å². The molecule has 96 valence electrons. The number of thioether (sulfide) groups is 1. The Kier molecular flexibility index (Phi) is 6.96.